The molecule has 6 heavy (non-hydrogen) atoms. The number of hydrogen-bond acceptors (Lipinski definition) is 4. The number of hydrogen-bond donors (Lipinski definition) is 0. The third-order valence-electron chi connectivity index (χ3n) is 0. The van der Waals surface area contributed by atoms with Crippen LogP contribution < -0.4 is 0 Å². The molecule has 0 fully saturated rings. The molecule has 1 radical (unpaired) electrons. The van der Waals surface area contributed by atoms with Crippen LogP contribution in [0.1, 0.15) is 0 Å². The molecule has 4 nitrogen and oxygen atoms in total. The summed E-state index contributed by atoms with van der Waals surface area (Å²) in [4.78, 5) is 0. The summed E-state index contributed by atoms with van der Waals surface area (Å²) in [5.74, 6) is 0. The van der Waals surface area contributed by atoms with Crippen molar-refractivity contribution in [1.82, 2.24) is 0 Å². The first-order valence-corrected chi connectivity index (χ1v) is 5.46. The van der Waals surface area contributed by atoms with Crippen molar-refractivity contribution in [2.45, 2.75) is 0 Å². The fourth-order valence-electron chi connectivity index (χ4n) is 0. The van der Waals surface area contributed by atoms with Crippen molar-refractivity contribution in [3.63, 3.8) is 0 Å². The fraction of sp³-hybridized carbons (Fsp3) is 0. The molecule has 0 atom stereocenters. The van der Waals surface area contributed by atoms with Crippen molar-refractivity contribution in [3.05, 3.63) is 0 Å². The Bertz CT molecular complexity index is 159. The molecule has 0 heterocycles. The molecule has 0 saturated carbocycles. The second kappa shape index (κ2) is 2.56. The summed E-state index contributed by atoms with van der Waals surface area (Å²) < 4.78 is 34.6. The molecule has 37 valence electrons. The van der Waals surface area contributed by atoms with Crippen molar-refractivity contribution < 1.29 is 46.6 Å². The Labute approximate surface area is 46.8 Å². The Morgan fingerprint density at radius 1 is 0.833 bits per heavy atom. The molecular formula is MnO4W. The minimum atomic E-state index is -6.17. The monoisotopic (exact) mass is 303 g/mol. The normalized spacial score (nSPS) is 6.67. The van der Waals surface area contributed by atoms with Crippen LogP contribution in [0.2, 0.25) is 0 Å². The fourth-order valence-corrected chi connectivity index (χ4v) is 0. The van der Waals surface area contributed by atoms with Gasteiger partial charge in [0.25, 0.3) is 0 Å². The molecule has 0 bridgehead atoms. The topological polar surface area (TPSA) is 68.3 Å². The quantitative estimate of drug-likeness (QED) is 0.567. The average molecular weight is 303 g/mol. The Balaban J connectivity index is 0. The average Bonchev–Trinajstić information content (AvgIpc) is 0.722. The second-order valence-corrected chi connectivity index (χ2v) is 3.34. The summed E-state index contributed by atoms with van der Waals surface area (Å²) in [7, 11) is 0. The van der Waals surface area contributed by atoms with Gasteiger partial charge in [-0.05, 0) is 0 Å². The molecule has 0 N–H and O–H groups in total. The zero-order valence-corrected chi connectivity index (χ0v) is 6.53. The summed E-state index contributed by atoms with van der Waals surface area (Å²) in [5.41, 5.74) is 0. The molecule has 0 aliphatic rings. The van der Waals surface area contributed by atoms with Gasteiger partial charge in [0, 0.05) is 17.1 Å². The van der Waals surface area contributed by atoms with E-state index in [9.17, 15) is 0 Å². The molecule has 0 rings (SSSR count). The van der Waals surface area contributed by atoms with Crippen LogP contribution in [-0.4, -0.2) is 0 Å². The van der Waals surface area contributed by atoms with E-state index in [0.717, 1.165) is 0 Å². The number of rotatable bonds is 0. The Morgan fingerprint density at radius 3 is 0.833 bits per heavy atom. The molecule has 0 saturated heterocycles. The van der Waals surface area contributed by atoms with Crippen molar-refractivity contribution in [2.75, 3.05) is 0 Å². The van der Waals surface area contributed by atoms with E-state index in [1.165, 1.54) is 0 Å². The standard InChI is InChI=1S/Mn.4O.W. The van der Waals surface area contributed by atoms with Crippen LogP contribution >= 0.6 is 0 Å². The zero-order chi connectivity index (χ0) is 4.50. The molecule has 0 spiro atoms. The predicted octanol–water partition coefficient (Wildman–Crippen LogP) is -0.480. The van der Waals surface area contributed by atoms with Gasteiger partial charge < -0.3 is 0 Å². The molecule has 0 aliphatic carbocycles. The molecule has 0 unspecified atom stereocenters. The molecule has 0 amide bonds. The van der Waals surface area contributed by atoms with E-state index in [0.29, 0.717) is 0 Å². The van der Waals surface area contributed by atoms with Gasteiger partial charge in [-0.1, -0.05) is 0 Å². The van der Waals surface area contributed by atoms with Crippen molar-refractivity contribution in [2.24, 2.45) is 0 Å². The van der Waals surface area contributed by atoms with Crippen LogP contribution in [0, 0.1) is 0 Å². The third kappa shape index (κ3) is 308. The van der Waals surface area contributed by atoms with Gasteiger partial charge in [-0.25, -0.2) is 0 Å². The van der Waals surface area contributed by atoms with Crippen LogP contribution in [0.3, 0.4) is 0 Å². The Hall–Kier alpha value is 0.408. The van der Waals surface area contributed by atoms with Gasteiger partial charge in [-0.2, -0.15) is 0 Å². The first kappa shape index (κ1) is 9.65. The van der Waals surface area contributed by atoms with Gasteiger partial charge in [0.05, 0.1) is 0 Å². The Kier molecular flexibility index (Phi) is 4.11. The summed E-state index contributed by atoms with van der Waals surface area (Å²) in [6.07, 6.45) is 0. The van der Waals surface area contributed by atoms with Gasteiger partial charge >= 0.3 is 29.5 Å². The van der Waals surface area contributed by atoms with E-state index in [1.807, 2.05) is 0 Å². The molecule has 0 aliphatic heterocycles. The first-order valence-electron chi connectivity index (χ1n) is 0.667. The van der Waals surface area contributed by atoms with Crippen LogP contribution in [0.15, 0.2) is 0 Å². The van der Waals surface area contributed by atoms with Gasteiger partial charge in [0.2, 0.25) is 0 Å². The van der Waals surface area contributed by atoms with Crippen LogP contribution in [0.25, 0.3) is 0 Å². The third-order valence-corrected chi connectivity index (χ3v) is 0. The SMILES string of the molecule is [Mn].[O]=[W](=[O])(=[O])=[O]. The van der Waals surface area contributed by atoms with E-state index in [-0.39, 0.29) is 17.1 Å². The van der Waals surface area contributed by atoms with Crippen molar-refractivity contribution in [3.8, 4) is 0 Å². The molecular weight excluding hydrogens is 303 g/mol. The van der Waals surface area contributed by atoms with Crippen LogP contribution in [0.5, 0.6) is 0 Å². The second-order valence-electron chi connectivity index (χ2n) is 0.408. The van der Waals surface area contributed by atoms with Crippen LogP contribution in [-0.2, 0) is 46.6 Å². The summed E-state index contributed by atoms with van der Waals surface area (Å²) in [6.45, 7) is 0. The van der Waals surface area contributed by atoms with Gasteiger partial charge in [0.15, 0.2) is 0 Å². The van der Waals surface area contributed by atoms with E-state index in [4.69, 9.17) is 13.6 Å². The zero-order valence-electron chi connectivity index (χ0n) is 2.42. The summed E-state index contributed by atoms with van der Waals surface area (Å²) in [5, 5.41) is 0. The van der Waals surface area contributed by atoms with Gasteiger partial charge in [-0.3, -0.25) is 0 Å². The van der Waals surface area contributed by atoms with Gasteiger partial charge in [-0.15, -0.1) is 0 Å². The predicted molar refractivity (Wildman–Crippen MR) is 2.75 cm³/mol. The van der Waals surface area contributed by atoms with E-state index >= 15 is 0 Å². The Morgan fingerprint density at radius 2 is 0.833 bits per heavy atom. The van der Waals surface area contributed by atoms with Crippen LogP contribution in [0.4, 0.5) is 0 Å². The molecule has 0 aromatic rings. The molecule has 0 aromatic heterocycles. The van der Waals surface area contributed by atoms with Gasteiger partial charge in [0.1, 0.15) is 0 Å². The van der Waals surface area contributed by atoms with E-state index in [1.54, 1.807) is 0 Å². The summed E-state index contributed by atoms with van der Waals surface area (Å²) >= 11 is -6.17. The molecule has 0 aromatic carbocycles. The van der Waals surface area contributed by atoms with E-state index in [2.05, 4.69) is 0 Å². The van der Waals surface area contributed by atoms with E-state index < -0.39 is 15.9 Å². The molecule has 6 heteroatoms. The van der Waals surface area contributed by atoms with Crippen molar-refractivity contribution >= 4 is 0 Å². The summed E-state index contributed by atoms with van der Waals surface area (Å²) in [6, 6.07) is 0. The maximum atomic E-state index is 8.65. The minimum absolute atomic E-state index is 0. The maximum absolute atomic E-state index is 8.65. The first-order chi connectivity index (χ1) is 2.00. The van der Waals surface area contributed by atoms with Crippen molar-refractivity contribution in [1.29, 1.82) is 0 Å².